The molecule has 2 aromatic rings. The number of rotatable bonds is 5. The summed E-state index contributed by atoms with van der Waals surface area (Å²) < 4.78 is 22.8. The molecule has 5 nitrogen and oxygen atoms in total. The molecule has 7 heteroatoms. The number of sulfone groups is 1. The molecular formula is C17H22N2O3S2. The molecule has 0 saturated heterocycles. The lowest BCUT2D eigenvalue weighted by Gasteiger charge is -2.14. The molecule has 1 N–H and O–H groups in total. The van der Waals surface area contributed by atoms with Crippen LogP contribution in [-0.4, -0.2) is 25.6 Å². The standard InChI is InChI=1S/C17H22N2O3S2/c1-17(2,3)14-11-23-16(19-14)10-18-15(20)9-12-5-7-13(8-6-12)24(4,21)22/h5-8,11H,9-10H2,1-4H3,(H,18,20). The minimum absolute atomic E-state index is 0.000118. The van der Waals surface area contributed by atoms with E-state index in [1.54, 1.807) is 12.1 Å². The molecule has 1 aromatic heterocycles. The Kier molecular flexibility index (Phi) is 5.45. The third kappa shape index (κ3) is 5.14. The van der Waals surface area contributed by atoms with Crippen LogP contribution in [0.5, 0.6) is 0 Å². The van der Waals surface area contributed by atoms with Crippen LogP contribution in [0.25, 0.3) is 0 Å². The van der Waals surface area contributed by atoms with Gasteiger partial charge in [0.1, 0.15) is 5.01 Å². The number of nitrogens with one attached hydrogen (secondary N) is 1. The smallest absolute Gasteiger partial charge is 0.224 e. The fourth-order valence-corrected chi connectivity index (χ4v) is 3.60. The molecule has 0 atom stereocenters. The van der Waals surface area contributed by atoms with Crippen LogP contribution in [0.4, 0.5) is 0 Å². The van der Waals surface area contributed by atoms with Gasteiger partial charge in [0.2, 0.25) is 5.91 Å². The predicted octanol–water partition coefficient (Wildman–Crippen LogP) is 2.70. The summed E-state index contributed by atoms with van der Waals surface area (Å²) in [5, 5.41) is 5.74. The van der Waals surface area contributed by atoms with E-state index in [2.05, 4.69) is 31.1 Å². The average Bonchev–Trinajstić information content (AvgIpc) is 2.94. The summed E-state index contributed by atoms with van der Waals surface area (Å²) in [6.45, 7) is 6.71. The van der Waals surface area contributed by atoms with E-state index >= 15 is 0 Å². The number of aromatic nitrogens is 1. The summed E-state index contributed by atoms with van der Waals surface area (Å²) in [4.78, 5) is 16.8. The van der Waals surface area contributed by atoms with Gasteiger partial charge in [0, 0.05) is 17.1 Å². The lowest BCUT2D eigenvalue weighted by Crippen LogP contribution is -2.24. The highest BCUT2D eigenvalue weighted by molar-refractivity contribution is 7.90. The van der Waals surface area contributed by atoms with Gasteiger partial charge in [-0.1, -0.05) is 32.9 Å². The van der Waals surface area contributed by atoms with Gasteiger partial charge in [0.15, 0.2) is 9.84 Å². The van der Waals surface area contributed by atoms with Gasteiger partial charge in [0.25, 0.3) is 0 Å². The first-order chi connectivity index (χ1) is 11.1. The van der Waals surface area contributed by atoms with Crippen LogP contribution in [0, 0.1) is 0 Å². The Morgan fingerprint density at radius 2 is 1.83 bits per heavy atom. The molecule has 2 rings (SSSR count). The topological polar surface area (TPSA) is 76.1 Å². The molecule has 1 heterocycles. The van der Waals surface area contributed by atoms with Gasteiger partial charge >= 0.3 is 0 Å². The molecule has 0 aliphatic heterocycles. The van der Waals surface area contributed by atoms with E-state index in [-0.39, 0.29) is 22.6 Å². The minimum Gasteiger partial charge on any atom is -0.349 e. The first-order valence-corrected chi connectivity index (χ1v) is 10.3. The number of carbonyl (C=O) groups excluding carboxylic acids is 1. The summed E-state index contributed by atoms with van der Waals surface area (Å²) in [5.41, 5.74) is 1.79. The zero-order valence-corrected chi connectivity index (χ0v) is 15.9. The molecule has 0 radical (unpaired) electrons. The molecule has 24 heavy (non-hydrogen) atoms. The summed E-state index contributed by atoms with van der Waals surface area (Å²) in [7, 11) is -3.21. The summed E-state index contributed by atoms with van der Waals surface area (Å²) in [6.07, 6.45) is 1.37. The van der Waals surface area contributed by atoms with Crippen LogP contribution in [0.2, 0.25) is 0 Å². The maximum atomic E-state index is 12.0. The number of hydrogen-bond acceptors (Lipinski definition) is 5. The highest BCUT2D eigenvalue weighted by atomic mass is 32.2. The Labute approximate surface area is 147 Å². The van der Waals surface area contributed by atoms with E-state index in [4.69, 9.17) is 0 Å². The monoisotopic (exact) mass is 366 g/mol. The Morgan fingerprint density at radius 3 is 2.33 bits per heavy atom. The second kappa shape index (κ2) is 7.03. The van der Waals surface area contributed by atoms with Gasteiger partial charge in [-0.2, -0.15) is 0 Å². The highest BCUT2D eigenvalue weighted by Gasteiger charge is 2.17. The van der Waals surface area contributed by atoms with E-state index in [1.165, 1.54) is 23.5 Å². The Hall–Kier alpha value is -1.73. The number of amides is 1. The Morgan fingerprint density at radius 1 is 1.21 bits per heavy atom. The molecule has 130 valence electrons. The van der Waals surface area contributed by atoms with Gasteiger partial charge in [-0.05, 0) is 17.7 Å². The maximum absolute atomic E-state index is 12.0. The molecule has 0 saturated carbocycles. The highest BCUT2D eigenvalue weighted by Crippen LogP contribution is 2.23. The zero-order chi connectivity index (χ0) is 18.0. The lowest BCUT2D eigenvalue weighted by molar-refractivity contribution is -0.120. The molecule has 0 bridgehead atoms. The second-order valence-electron chi connectivity index (χ2n) is 6.75. The second-order valence-corrected chi connectivity index (χ2v) is 9.70. The van der Waals surface area contributed by atoms with Crippen LogP contribution < -0.4 is 5.32 Å². The van der Waals surface area contributed by atoms with Gasteiger partial charge in [0.05, 0.1) is 23.6 Å². The van der Waals surface area contributed by atoms with Gasteiger partial charge < -0.3 is 5.32 Å². The van der Waals surface area contributed by atoms with Crippen LogP contribution in [0.3, 0.4) is 0 Å². The average molecular weight is 367 g/mol. The van der Waals surface area contributed by atoms with Crippen molar-refractivity contribution in [3.63, 3.8) is 0 Å². The van der Waals surface area contributed by atoms with Gasteiger partial charge in [-0.25, -0.2) is 13.4 Å². The third-order valence-corrected chi connectivity index (χ3v) is 5.45. The van der Waals surface area contributed by atoms with Crippen molar-refractivity contribution in [2.45, 2.75) is 44.0 Å². The fraction of sp³-hybridized carbons (Fsp3) is 0.412. The van der Waals surface area contributed by atoms with Crippen molar-refractivity contribution in [3.8, 4) is 0 Å². The number of thiazole rings is 1. The quantitative estimate of drug-likeness (QED) is 0.883. The van der Waals surface area contributed by atoms with E-state index in [1.807, 2.05) is 5.38 Å². The van der Waals surface area contributed by atoms with Crippen LogP contribution in [0.15, 0.2) is 34.5 Å². The van der Waals surface area contributed by atoms with Crippen molar-refractivity contribution in [1.29, 1.82) is 0 Å². The molecule has 1 aromatic carbocycles. The normalized spacial score (nSPS) is 12.2. The maximum Gasteiger partial charge on any atom is 0.224 e. The summed E-state index contributed by atoms with van der Waals surface area (Å²) >= 11 is 1.54. The molecule has 0 spiro atoms. The largest absolute Gasteiger partial charge is 0.349 e. The number of carbonyl (C=O) groups is 1. The van der Waals surface area contributed by atoms with E-state index in [9.17, 15) is 13.2 Å². The molecule has 0 fully saturated rings. The van der Waals surface area contributed by atoms with Crippen LogP contribution >= 0.6 is 11.3 Å². The van der Waals surface area contributed by atoms with E-state index in [0.29, 0.717) is 6.54 Å². The SMILES string of the molecule is CC(C)(C)c1csc(CNC(=O)Cc2ccc(S(C)(=O)=O)cc2)n1. The third-order valence-electron chi connectivity index (χ3n) is 3.47. The minimum atomic E-state index is -3.21. The molecule has 0 aliphatic carbocycles. The number of benzene rings is 1. The predicted molar refractivity (Wildman–Crippen MR) is 95.9 cm³/mol. The number of hydrogen-bond donors (Lipinski definition) is 1. The van der Waals surface area contributed by atoms with Crippen molar-refractivity contribution >= 4 is 27.1 Å². The summed E-state index contributed by atoms with van der Waals surface area (Å²) in [5.74, 6) is -0.116. The number of nitrogens with zero attached hydrogens (tertiary/aromatic N) is 1. The summed E-state index contributed by atoms with van der Waals surface area (Å²) in [6, 6.07) is 6.37. The first-order valence-electron chi connectivity index (χ1n) is 7.56. The van der Waals surface area contributed by atoms with Crippen LogP contribution in [0.1, 0.15) is 37.0 Å². The molecular weight excluding hydrogens is 344 g/mol. The van der Waals surface area contributed by atoms with Crippen molar-refractivity contribution < 1.29 is 13.2 Å². The van der Waals surface area contributed by atoms with Crippen molar-refractivity contribution in [2.75, 3.05) is 6.26 Å². The van der Waals surface area contributed by atoms with Gasteiger partial charge in [-0.15, -0.1) is 11.3 Å². The van der Waals surface area contributed by atoms with Gasteiger partial charge in [-0.3, -0.25) is 4.79 Å². The lowest BCUT2D eigenvalue weighted by atomic mass is 9.93. The van der Waals surface area contributed by atoms with Crippen molar-refractivity contribution in [2.24, 2.45) is 0 Å². The molecule has 0 aliphatic rings. The van der Waals surface area contributed by atoms with E-state index < -0.39 is 9.84 Å². The molecule has 0 unspecified atom stereocenters. The van der Waals surface area contributed by atoms with Crippen molar-refractivity contribution in [1.82, 2.24) is 10.3 Å². The fourth-order valence-electron chi connectivity index (χ4n) is 2.01. The van der Waals surface area contributed by atoms with Crippen molar-refractivity contribution in [3.05, 3.63) is 45.9 Å². The first kappa shape index (κ1) is 18.6. The zero-order valence-electron chi connectivity index (χ0n) is 14.3. The Bertz CT molecular complexity index is 816. The van der Waals surface area contributed by atoms with E-state index in [0.717, 1.165) is 22.5 Å². The molecule has 1 amide bonds. The Balaban J connectivity index is 1.91. The van der Waals surface area contributed by atoms with Crippen LogP contribution in [-0.2, 0) is 33.0 Å².